The zero-order valence-electron chi connectivity index (χ0n) is 14.5. The summed E-state index contributed by atoms with van der Waals surface area (Å²) in [7, 11) is 1.35. The molecule has 4 aliphatic rings. The molecule has 9 heteroatoms. The Bertz CT molecular complexity index is 848. The number of aromatic nitrogens is 5. The van der Waals surface area contributed by atoms with E-state index < -0.39 is 0 Å². The van der Waals surface area contributed by atoms with E-state index in [0.717, 1.165) is 32.1 Å². The standard InChI is InChI=1S/C17H20ClN5O3/c1-25-13(24)3-12-20-21-14(26-12)16-4-10-2-11(5-16)7-17(6-10,8-16)23-9-19-15(18)22-23/h9-11H,2-8H2,1H3. The third kappa shape index (κ3) is 2.38. The van der Waals surface area contributed by atoms with E-state index in [9.17, 15) is 4.79 Å². The van der Waals surface area contributed by atoms with Crippen LogP contribution in [0.3, 0.4) is 0 Å². The van der Waals surface area contributed by atoms with E-state index in [-0.39, 0.29) is 28.6 Å². The Balaban J connectivity index is 1.50. The highest BCUT2D eigenvalue weighted by molar-refractivity contribution is 6.28. The van der Waals surface area contributed by atoms with Gasteiger partial charge in [-0.3, -0.25) is 4.79 Å². The van der Waals surface area contributed by atoms with Gasteiger partial charge >= 0.3 is 5.97 Å². The van der Waals surface area contributed by atoms with Crippen LogP contribution in [0.5, 0.6) is 0 Å². The summed E-state index contributed by atoms with van der Waals surface area (Å²) in [5, 5.41) is 13.1. The number of methoxy groups -OCH3 is 1. The van der Waals surface area contributed by atoms with Crippen LogP contribution in [0.1, 0.15) is 50.3 Å². The number of ether oxygens (including phenoxy) is 1. The Labute approximate surface area is 155 Å². The fourth-order valence-electron chi connectivity index (χ4n) is 5.94. The molecule has 2 aromatic heterocycles. The first-order valence-electron chi connectivity index (χ1n) is 8.98. The molecule has 26 heavy (non-hydrogen) atoms. The van der Waals surface area contributed by atoms with E-state index in [2.05, 4.69) is 20.3 Å². The van der Waals surface area contributed by atoms with Gasteiger partial charge in [-0.25, -0.2) is 9.67 Å². The molecule has 0 saturated heterocycles. The Kier molecular flexibility index (Phi) is 3.44. The lowest BCUT2D eigenvalue weighted by Gasteiger charge is -2.60. The molecule has 0 aliphatic heterocycles. The summed E-state index contributed by atoms with van der Waals surface area (Å²) >= 11 is 5.99. The molecular weight excluding hydrogens is 358 g/mol. The van der Waals surface area contributed by atoms with E-state index in [1.807, 2.05) is 4.68 Å². The van der Waals surface area contributed by atoms with Crippen LogP contribution < -0.4 is 0 Å². The van der Waals surface area contributed by atoms with Crippen LogP contribution in [0.15, 0.2) is 10.7 Å². The number of nitrogens with zero attached hydrogens (tertiary/aromatic N) is 5. The minimum Gasteiger partial charge on any atom is -0.469 e. The third-order valence-corrected chi connectivity index (χ3v) is 6.60. The molecular formula is C17H20ClN5O3. The Hall–Kier alpha value is -1.96. The Morgan fingerprint density at radius 2 is 2.12 bits per heavy atom. The highest BCUT2D eigenvalue weighted by Crippen LogP contribution is 2.64. The van der Waals surface area contributed by atoms with E-state index in [4.69, 9.17) is 20.8 Å². The molecule has 2 unspecified atom stereocenters. The van der Waals surface area contributed by atoms with Gasteiger partial charge < -0.3 is 9.15 Å². The first-order chi connectivity index (χ1) is 12.5. The average Bonchev–Trinajstić information content (AvgIpc) is 3.23. The van der Waals surface area contributed by atoms with Gasteiger partial charge in [-0.2, -0.15) is 0 Å². The second kappa shape index (κ2) is 5.52. The Morgan fingerprint density at radius 3 is 2.77 bits per heavy atom. The number of hydrogen-bond donors (Lipinski definition) is 0. The van der Waals surface area contributed by atoms with E-state index in [1.54, 1.807) is 6.33 Å². The van der Waals surface area contributed by atoms with Crippen molar-refractivity contribution in [3.63, 3.8) is 0 Å². The molecule has 0 spiro atoms. The van der Waals surface area contributed by atoms with Crippen molar-refractivity contribution in [3.8, 4) is 0 Å². The number of hydrogen-bond acceptors (Lipinski definition) is 7. The molecule has 2 atom stereocenters. The summed E-state index contributed by atoms with van der Waals surface area (Å²) in [6.45, 7) is 0. The van der Waals surface area contributed by atoms with Crippen LogP contribution in [0, 0.1) is 11.8 Å². The van der Waals surface area contributed by atoms with E-state index in [1.165, 1.54) is 13.5 Å². The molecule has 2 heterocycles. The molecule has 6 rings (SSSR count). The normalized spacial score (nSPS) is 35.0. The number of carbonyl (C=O) groups excluding carboxylic acids is 1. The summed E-state index contributed by atoms with van der Waals surface area (Å²) in [4.78, 5) is 15.6. The van der Waals surface area contributed by atoms with Gasteiger partial charge in [0.2, 0.25) is 17.1 Å². The van der Waals surface area contributed by atoms with Crippen molar-refractivity contribution in [1.82, 2.24) is 25.0 Å². The maximum absolute atomic E-state index is 11.5. The molecule has 138 valence electrons. The zero-order chi connectivity index (χ0) is 17.9. The van der Waals surface area contributed by atoms with Crippen molar-refractivity contribution in [2.45, 2.75) is 55.9 Å². The summed E-state index contributed by atoms with van der Waals surface area (Å²) in [6.07, 6.45) is 8.18. The summed E-state index contributed by atoms with van der Waals surface area (Å²) < 4.78 is 12.6. The van der Waals surface area contributed by atoms with Crippen LogP contribution in [-0.4, -0.2) is 38.0 Å². The second-order valence-corrected chi connectivity index (χ2v) is 8.52. The molecule has 4 saturated carbocycles. The minimum absolute atomic E-state index is 0.0102. The Morgan fingerprint density at radius 1 is 1.35 bits per heavy atom. The van der Waals surface area contributed by atoms with E-state index in [0.29, 0.717) is 23.6 Å². The number of rotatable bonds is 4. The largest absolute Gasteiger partial charge is 0.469 e. The predicted octanol–water partition coefficient (Wildman–Crippen LogP) is 2.28. The predicted molar refractivity (Wildman–Crippen MR) is 89.4 cm³/mol. The van der Waals surface area contributed by atoms with Gasteiger partial charge in [-0.15, -0.1) is 15.3 Å². The van der Waals surface area contributed by atoms with Crippen molar-refractivity contribution in [1.29, 1.82) is 0 Å². The molecule has 4 bridgehead atoms. The van der Waals surface area contributed by atoms with Gasteiger partial charge in [0, 0.05) is 0 Å². The van der Waals surface area contributed by atoms with Crippen molar-refractivity contribution in [2.24, 2.45) is 11.8 Å². The molecule has 0 aromatic carbocycles. The van der Waals surface area contributed by atoms with Crippen LogP contribution >= 0.6 is 11.6 Å². The lowest BCUT2D eigenvalue weighted by Crippen LogP contribution is -2.58. The van der Waals surface area contributed by atoms with Crippen molar-refractivity contribution in [3.05, 3.63) is 23.4 Å². The molecule has 0 N–H and O–H groups in total. The van der Waals surface area contributed by atoms with Crippen LogP contribution in [0.4, 0.5) is 0 Å². The zero-order valence-corrected chi connectivity index (χ0v) is 15.3. The summed E-state index contributed by atoms with van der Waals surface area (Å²) in [5.41, 5.74) is -0.231. The number of carbonyl (C=O) groups is 1. The quantitative estimate of drug-likeness (QED) is 0.754. The van der Waals surface area contributed by atoms with Gasteiger partial charge in [-0.05, 0) is 62.0 Å². The maximum atomic E-state index is 11.5. The molecule has 4 aliphatic carbocycles. The lowest BCUT2D eigenvalue weighted by molar-refractivity contribution is -0.140. The first-order valence-corrected chi connectivity index (χ1v) is 9.35. The van der Waals surface area contributed by atoms with Gasteiger partial charge in [0.1, 0.15) is 12.7 Å². The van der Waals surface area contributed by atoms with Crippen molar-refractivity contribution in [2.75, 3.05) is 7.11 Å². The molecule has 0 radical (unpaired) electrons. The fraction of sp³-hybridized carbons (Fsp3) is 0.706. The number of esters is 1. The first kappa shape index (κ1) is 16.2. The van der Waals surface area contributed by atoms with Gasteiger partial charge in [0.05, 0.1) is 18.1 Å². The highest BCUT2D eigenvalue weighted by atomic mass is 35.5. The smallest absolute Gasteiger partial charge is 0.315 e. The highest BCUT2D eigenvalue weighted by Gasteiger charge is 2.61. The average molecular weight is 378 g/mol. The molecule has 2 aromatic rings. The molecule has 0 amide bonds. The third-order valence-electron chi connectivity index (χ3n) is 6.42. The second-order valence-electron chi connectivity index (χ2n) is 8.18. The van der Waals surface area contributed by atoms with E-state index >= 15 is 0 Å². The van der Waals surface area contributed by atoms with Gasteiger partial charge in [0.15, 0.2) is 0 Å². The number of halogens is 1. The molecule has 8 nitrogen and oxygen atoms in total. The summed E-state index contributed by atoms with van der Waals surface area (Å²) in [6, 6.07) is 0. The van der Waals surface area contributed by atoms with Crippen LogP contribution in [0.2, 0.25) is 5.28 Å². The van der Waals surface area contributed by atoms with Gasteiger partial charge in [-0.1, -0.05) is 0 Å². The van der Waals surface area contributed by atoms with Crippen LogP contribution in [0.25, 0.3) is 0 Å². The maximum Gasteiger partial charge on any atom is 0.315 e. The van der Waals surface area contributed by atoms with Crippen LogP contribution in [-0.2, 0) is 26.9 Å². The fourth-order valence-corrected chi connectivity index (χ4v) is 6.06. The topological polar surface area (TPSA) is 95.9 Å². The minimum atomic E-state index is -0.376. The van der Waals surface area contributed by atoms with Crippen molar-refractivity contribution >= 4 is 17.6 Å². The van der Waals surface area contributed by atoms with Crippen molar-refractivity contribution < 1.29 is 13.9 Å². The van der Waals surface area contributed by atoms with Gasteiger partial charge in [0.25, 0.3) is 0 Å². The monoisotopic (exact) mass is 377 g/mol. The lowest BCUT2D eigenvalue weighted by atomic mass is 9.47. The SMILES string of the molecule is COC(=O)Cc1nnc(C23CC4CC(C2)CC(n2cnc(Cl)n2)(C4)C3)o1. The molecule has 4 fully saturated rings. The summed E-state index contributed by atoms with van der Waals surface area (Å²) in [5.74, 6) is 1.81.